The maximum Gasteiger partial charge on any atom is 0.271 e. The highest BCUT2D eigenvalue weighted by Gasteiger charge is 2.13. The van der Waals surface area contributed by atoms with E-state index in [0.29, 0.717) is 5.52 Å². The lowest BCUT2D eigenvalue weighted by Crippen LogP contribution is -1.99. The van der Waals surface area contributed by atoms with Crippen LogP contribution in [0.2, 0.25) is 0 Å². The van der Waals surface area contributed by atoms with Crippen LogP contribution in [0.4, 0.5) is 5.69 Å². The topological polar surface area (TPSA) is 68.9 Å². The molecule has 0 fully saturated rings. The van der Waals surface area contributed by atoms with Crippen LogP contribution in [0.3, 0.4) is 0 Å². The fourth-order valence-electron chi connectivity index (χ4n) is 3.25. The average Bonchev–Trinajstić information content (AvgIpc) is 2.57. The van der Waals surface area contributed by atoms with Crippen molar-refractivity contribution in [2.45, 2.75) is 0 Å². The van der Waals surface area contributed by atoms with Gasteiger partial charge in [-0.15, -0.1) is 10.2 Å². The zero-order chi connectivity index (χ0) is 15.6. The van der Waals surface area contributed by atoms with Crippen LogP contribution in [0.5, 0.6) is 0 Å². The van der Waals surface area contributed by atoms with E-state index in [9.17, 15) is 10.1 Å². The highest BCUT2D eigenvalue weighted by Crippen LogP contribution is 2.25. The number of non-ortho nitro benzene ring substituents is 1. The Morgan fingerprint density at radius 1 is 0.870 bits per heavy atom. The molecule has 0 aliphatic heterocycles. The molecule has 5 rings (SSSR count). The number of hydrogen-bond donors (Lipinski definition) is 0. The second kappa shape index (κ2) is 4.10. The summed E-state index contributed by atoms with van der Waals surface area (Å²) in [5, 5.41) is 26.7. The molecule has 0 atom stereocenters. The van der Waals surface area contributed by atoms with Crippen LogP contribution in [0.1, 0.15) is 0 Å². The Hall–Kier alpha value is -3.34. The summed E-state index contributed by atoms with van der Waals surface area (Å²) in [6, 6.07) is 17.2. The number of fused-ring (bicyclic) bond motifs is 5. The molecule has 23 heavy (non-hydrogen) atoms. The van der Waals surface area contributed by atoms with Gasteiger partial charge in [0.1, 0.15) is 10.9 Å². The zero-order valence-electron chi connectivity index (χ0n) is 11.9. The summed E-state index contributed by atoms with van der Waals surface area (Å²) in [5.41, 5.74) is 0.585. The van der Waals surface area contributed by atoms with Gasteiger partial charge in [0.15, 0.2) is 0 Å². The van der Waals surface area contributed by atoms with Crippen molar-refractivity contribution in [2.75, 3.05) is 0 Å². The van der Waals surface area contributed by atoms with Crippen LogP contribution in [0.15, 0.2) is 54.6 Å². The van der Waals surface area contributed by atoms with Crippen LogP contribution >= 0.6 is 0 Å². The van der Waals surface area contributed by atoms with Gasteiger partial charge in [0.05, 0.1) is 4.92 Å². The molecule has 0 bridgehead atoms. The van der Waals surface area contributed by atoms with Gasteiger partial charge < -0.3 is 0 Å². The average molecular weight is 299 g/mol. The highest BCUT2D eigenvalue weighted by molar-refractivity contribution is 5.85. The molecule has 3 aromatic carbocycles. The quantitative estimate of drug-likeness (QED) is 0.350. The van der Waals surface area contributed by atoms with Crippen molar-refractivity contribution in [2.24, 2.45) is 0 Å². The van der Waals surface area contributed by atoms with E-state index in [1.807, 2.05) is 12.1 Å². The largest absolute Gasteiger partial charge is 0.271 e. The second-order valence-electron chi connectivity index (χ2n) is 5.63. The summed E-state index contributed by atoms with van der Waals surface area (Å²) in [7, 11) is 0. The minimum atomic E-state index is -0.415. The van der Waals surface area contributed by atoms with Gasteiger partial charge in [0.25, 0.3) is 5.69 Å². The predicted molar refractivity (Wildman–Crippen MR) is 85.5 cm³/mol. The number of nitrogens with zero attached hydrogens (tertiary/aromatic N) is 3. The Morgan fingerprint density at radius 2 is 1.61 bits per heavy atom. The van der Waals surface area contributed by atoms with Crippen LogP contribution in [-0.2, 0) is 0 Å². The van der Waals surface area contributed by atoms with Crippen molar-refractivity contribution in [3.8, 4) is 0 Å². The maximum absolute atomic E-state index is 10.9. The molecular weight excluding hydrogens is 290 g/mol. The molecule has 0 N–H and O–H groups in total. The Bertz CT molecular complexity index is 1350. The Morgan fingerprint density at radius 3 is 2.35 bits per heavy atom. The Labute approximate surface area is 129 Å². The molecule has 5 heteroatoms. The molecule has 0 amide bonds. The molecule has 1 aliphatic carbocycles. The van der Waals surface area contributed by atoms with Crippen LogP contribution in [0, 0.1) is 31.1 Å². The zero-order valence-corrected chi connectivity index (χ0v) is 11.9. The fraction of sp³-hybridized carbons (Fsp3) is 0. The third kappa shape index (κ3) is 1.56. The molecule has 1 heterocycles. The van der Waals surface area contributed by atoms with Gasteiger partial charge in [-0.05, 0) is 34.2 Å². The van der Waals surface area contributed by atoms with E-state index in [-0.39, 0.29) is 5.69 Å². The normalized spacial score (nSPS) is 11.8. The van der Waals surface area contributed by atoms with E-state index >= 15 is 0 Å². The van der Waals surface area contributed by atoms with Crippen molar-refractivity contribution in [3.63, 3.8) is 0 Å². The van der Waals surface area contributed by atoms with Crippen molar-refractivity contribution in [1.82, 2.24) is 10.2 Å². The van der Waals surface area contributed by atoms with E-state index in [1.54, 1.807) is 6.07 Å². The van der Waals surface area contributed by atoms with Crippen molar-refractivity contribution < 1.29 is 4.92 Å². The molecule has 0 spiro atoms. The van der Waals surface area contributed by atoms with Crippen molar-refractivity contribution in [1.29, 1.82) is 0 Å². The summed E-state index contributed by atoms with van der Waals surface area (Å²) in [6.07, 6.45) is 0. The molecule has 0 saturated carbocycles. The Kier molecular flexibility index (Phi) is 2.18. The summed E-state index contributed by atoms with van der Waals surface area (Å²) in [6.45, 7) is 0. The van der Waals surface area contributed by atoms with Crippen molar-refractivity contribution in [3.05, 3.63) is 85.7 Å². The van der Waals surface area contributed by atoms with Gasteiger partial charge in [-0.25, -0.2) is 0 Å². The molecule has 0 unspecified atom stereocenters. The molecule has 4 aromatic rings. The van der Waals surface area contributed by atoms with Gasteiger partial charge >= 0.3 is 0 Å². The number of nitro groups is 1. The molecule has 0 radical (unpaired) electrons. The van der Waals surface area contributed by atoms with E-state index in [1.165, 1.54) is 22.9 Å². The molecule has 0 saturated heterocycles. The summed E-state index contributed by atoms with van der Waals surface area (Å²) >= 11 is 0. The Balaban J connectivity index is 1.97. The summed E-state index contributed by atoms with van der Waals surface area (Å²) in [4.78, 5) is 10.5. The monoisotopic (exact) mass is 299 g/mol. The first-order chi connectivity index (χ1) is 11.2. The summed E-state index contributed by atoms with van der Waals surface area (Å²) in [5.74, 6) is 0. The van der Waals surface area contributed by atoms with E-state index < -0.39 is 4.92 Å². The first kappa shape index (κ1) is 12.2. The number of benzene rings is 3. The maximum atomic E-state index is 10.9. The highest BCUT2D eigenvalue weighted by atomic mass is 16.6. The number of rotatable bonds is 1. The first-order valence-corrected chi connectivity index (χ1v) is 7.21. The van der Waals surface area contributed by atoms with Crippen molar-refractivity contribution >= 4 is 27.4 Å². The SMILES string of the molecule is O=[N+]([O-])c1ccc2c3c(nnc2c1)=c1cc2ccccc2cc1=3. The first-order valence-electron chi connectivity index (χ1n) is 7.21. The van der Waals surface area contributed by atoms with Gasteiger partial charge in [-0.3, -0.25) is 10.1 Å². The van der Waals surface area contributed by atoms with E-state index in [0.717, 1.165) is 26.4 Å². The molecular formula is C18H9N3O2. The minimum absolute atomic E-state index is 0.0322. The number of aromatic nitrogens is 2. The smallest absolute Gasteiger partial charge is 0.258 e. The second-order valence-corrected chi connectivity index (χ2v) is 5.63. The van der Waals surface area contributed by atoms with Crippen LogP contribution < -0.4 is 0 Å². The third-order valence-corrected chi connectivity index (χ3v) is 4.37. The number of hydrogen-bond acceptors (Lipinski definition) is 4. The van der Waals surface area contributed by atoms with Gasteiger partial charge in [-0.1, -0.05) is 24.3 Å². The van der Waals surface area contributed by atoms with Gasteiger partial charge in [0.2, 0.25) is 0 Å². The van der Waals surface area contributed by atoms with Crippen LogP contribution in [-0.4, -0.2) is 15.1 Å². The third-order valence-electron chi connectivity index (χ3n) is 4.37. The van der Waals surface area contributed by atoms with E-state index in [4.69, 9.17) is 0 Å². The fourth-order valence-corrected chi connectivity index (χ4v) is 3.25. The standard InChI is InChI=1S/C18H9N3O2/c22-21(23)12-5-6-13-16(9-12)19-20-18-15-8-11-4-2-1-3-10(11)7-14(15)17(13)18/h1-9H. The van der Waals surface area contributed by atoms with E-state index in [2.05, 4.69) is 34.5 Å². The minimum Gasteiger partial charge on any atom is -0.258 e. The lowest BCUT2D eigenvalue weighted by Gasteiger charge is -2.08. The molecule has 1 aromatic heterocycles. The predicted octanol–water partition coefficient (Wildman–Crippen LogP) is 3.58. The lowest BCUT2D eigenvalue weighted by molar-refractivity contribution is -0.384. The van der Waals surface area contributed by atoms with Gasteiger partial charge in [0, 0.05) is 28.0 Å². The number of nitro benzene ring substituents is 1. The molecule has 5 nitrogen and oxygen atoms in total. The van der Waals surface area contributed by atoms with Gasteiger partial charge in [-0.2, -0.15) is 0 Å². The lowest BCUT2D eigenvalue weighted by atomic mass is 9.98. The summed E-state index contributed by atoms with van der Waals surface area (Å²) < 4.78 is 0. The molecule has 108 valence electrons. The molecule has 1 aliphatic rings. The van der Waals surface area contributed by atoms with Crippen LogP contribution in [0.25, 0.3) is 21.7 Å².